The lowest BCUT2D eigenvalue weighted by molar-refractivity contribution is -0.327. The van der Waals surface area contributed by atoms with Crippen molar-refractivity contribution in [3.63, 3.8) is 0 Å². The van der Waals surface area contributed by atoms with Gasteiger partial charge in [0.05, 0.1) is 75.0 Å². The number of hydrogen-bond donors (Lipinski definition) is 28. The molecule has 0 aliphatic carbocycles. The molecule has 9 aliphatic rings. The number of aliphatic hydroxyl groups excluding tert-OH is 14. The van der Waals surface area contributed by atoms with Gasteiger partial charge >= 0.3 is 23.9 Å². The molecule has 9 rings (SSSR count). The van der Waals surface area contributed by atoms with Gasteiger partial charge in [0.25, 0.3) is 11.8 Å². The highest BCUT2D eigenvalue weighted by atomic mass is 16.8. The highest BCUT2D eigenvalue weighted by Crippen LogP contribution is 2.39. The quantitative estimate of drug-likeness (QED) is 0.0117. The second-order valence-corrected chi connectivity index (χ2v) is 36.4. The molecule has 836 valence electrons. The molecule has 0 radical (unpaired) electrons. The molecule has 31 N–H and O–H groups in total. The second-order valence-electron chi connectivity index (χ2n) is 36.4. The fourth-order valence-corrected chi connectivity index (χ4v) is 17.4. The summed E-state index contributed by atoms with van der Waals surface area (Å²) < 4.78 is 77.5. The Kier molecular flexibility index (Phi) is 55.2. The van der Waals surface area contributed by atoms with E-state index in [2.05, 4.69) is 52.2 Å². The van der Waals surface area contributed by atoms with E-state index in [9.17, 15) is 135 Å². The molecule has 9 fully saturated rings. The molecule has 6 amide bonds. The van der Waals surface area contributed by atoms with Crippen molar-refractivity contribution in [1.82, 2.24) is 52.4 Å². The summed E-state index contributed by atoms with van der Waals surface area (Å²) in [7, 11) is 2.31. The number of carboxylic acid groups (broad SMARTS) is 4. The molecule has 0 bridgehead atoms. The van der Waals surface area contributed by atoms with Crippen LogP contribution in [-0.2, 0) is 129 Å². The number of methoxy groups -OCH3 is 2. The summed E-state index contributed by atoms with van der Waals surface area (Å²) in [5, 5.41) is 194. The van der Waals surface area contributed by atoms with E-state index in [0.717, 1.165) is 14.2 Å². The van der Waals surface area contributed by atoms with E-state index >= 15 is 0 Å². The van der Waals surface area contributed by atoms with Gasteiger partial charge in [-0.05, 0) is 65.2 Å². The Hall–Kier alpha value is -6.66. The van der Waals surface area contributed by atoms with Crippen molar-refractivity contribution in [2.45, 2.75) is 343 Å². The maximum atomic E-state index is 11.9. The summed E-state index contributed by atoms with van der Waals surface area (Å²) in [5.41, 5.74) is 22.6. The summed E-state index contributed by atoms with van der Waals surface area (Å²) in [6.07, 6.45) is -41.2. The van der Waals surface area contributed by atoms with Crippen LogP contribution in [0.1, 0.15) is 110 Å². The van der Waals surface area contributed by atoms with Gasteiger partial charge in [-0.2, -0.15) is 5.06 Å². The van der Waals surface area contributed by atoms with Gasteiger partial charge in [0.1, 0.15) is 128 Å². The van der Waals surface area contributed by atoms with Crippen LogP contribution in [0, 0.1) is 23.7 Å². The normalized spacial score (nSPS) is 38.0. The van der Waals surface area contributed by atoms with Crippen LogP contribution >= 0.6 is 0 Å². The summed E-state index contributed by atoms with van der Waals surface area (Å²) in [6, 6.07) is -3.38. The van der Waals surface area contributed by atoms with Crippen molar-refractivity contribution in [3.8, 4) is 0 Å². The van der Waals surface area contributed by atoms with Crippen molar-refractivity contribution in [2.24, 2.45) is 40.9 Å². The van der Waals surface area contributed by atoms with Crippen LogP contribution < -0.4 is 54.7 Å². The summed E-state index contributed by atoms with van der Waals surface area (Å²) >= 11 is 0. The predicted octanol–water partition coefficient (Wildman–Crippen LogP) is -13.1. The molecule has 42 atom stereocenters. The molecule has 0 aromatic heterocycles. The lowest BCUT2D eigenvalue weighted by Crippen LogP contribution is -2.67. The van der Waals surface area contributed by atoms with Gasteiger partial charge in [0.2, 0.25) is 23.6 Å². The number of carbonyl (C=O) groups excluding carboxylic acids is 6. The van der Waals surface area contributed by atoms with Gasteiger partial charge in [-0.25, -0.2) is 35.0 Å². The van der Waals surface area contributed by atoms with Crippen LogP contribution in [-0.4, -0.2) is 518 Å². The fraction of sp³-hybridized carbons (Fsp3) is 0.884. The maximum absolute atomic E-state index is 11.9. The molecule has 0 aromatic rings. The standard InChI is InChI=1S/C25H49N5O10.C23H45N5O9.2C16H27NO11.C6H9NO4/c1-13-14(2)22(24(35)36)39-25(20(13)33)40-23-19(29-17(5)32)15(3)38-18(21(23)34)12-37-28-8-11-30(9-6-26)10-7-27-16(4)31;1-12-13(2)20(22(32)33)36-23(18(12)30)37-21-17(27-15(4)29)14(3)35-16(19(21)31)11-34-26-7-10-28(8-5-24)9-6-25;2*1-5-8(17-6(2)19)12(9(20)7(4-18)26-5)27-16-11(22)10(21)13(25-3)14(28-16)15(23)24;1-4(8)11-7-5(9)2-3-6(7)10/h13-16,18-23,25,27-28,31,33-34H,6-12,26H2,1-5H3,(H,29,32)(H,35,36);12-14,16-21,23,26,30-31H,5-11,24-25H2,1-4H3,(H,27,29)(H,32,33);2*5,7-14,16,18,20-22H,4H2,1-3H3,(H,17,19)(H,23,24);4,8H,2-3H2,1H3/t13-,14-,15-,16-,18?,19?,20?,21+,22?,23+,25-;12-,13-,14-,16?,17?,18?,19+,20?,21+,23-;2*5-,7?,8?,9+,10+,11?,12+,13-,14?,16+;4-/m00000/s1. The molecule has 9 aliphatic heterocycles. The molecule has 144 heavy (non-hydrogen) atoms. The highest BCUT2D eigenvalue weighted by molar-refractivity contribution is 6.00. The minimum Gasteiger partial charge on any atom is -0.479 e. The Labute approximate surface area is 832 Å². The molecule has 9 heterocycles. The van der Waals surface area contributed by atoms with Gasteiger partial charge < -0.3 is 197 Å². The number of ether oxygens (including phenoxy) is 14. The predicted molar refractivity (Wildman–Crippen MR) is 486 cm³/mol. The first-order valence-electron chi connectivity index (χ1n) is 47.5. The number of amides is 6. The van der Waals surface area contributed by atoms with Gasteiger partial charge in [0, 0.05) is 133 Å². The number of imide groups is 1. The molecule has 58 heteroatoms. The van der Waals surface area contributed by atoms with Gasteiger partial charge in [-0.15, -0.1) is 0 Å². The lowest BCUT2D eigenvalue weighted by atomic mass is 9.83. The zero-order valence-corrected chi connectivity index (χ0v) is 83.6. The van der Waals surface area contributed by atoms with Crippen molar-refractivity contribution in [1.29, 1.82) is 0 Å². The number of aliphatic hydroxyl groups is 14. The van der Waals surface area contributed by atoms with Crippen LogP contribution in [0.3, 0.4) is 0 Å². The second kappa shape index (κ2) is 62.2. The lowest BCUT2D eigenvalue weighted by Gasteiger charge is -2.47. The summed E-state index contributed by atoms with van der Waals surface area (Å²) in [5.74, 6) is -9.51. The number of rotatable bonds is 44. The van der Waals surface area contributed by atoms with Crippen molar-refractivity contribution < 1.29 is 221 Å². The molecule has 0 saturated carbocycles. The number of nitrogens with zero attached hydrogens (tertiary/aromatic N) is 3. The average molecular weight is 2090 g/mol. The molecular weight excluding hydrogens is 1930 g/mol. The zero-order valence-electron chi connectivity index (χ0n) is 83.6. The van der Waals surface area contributed by atoms with Gasteiger partial charge in [0.15, 0.2) is 55.9 Å². The Morgan fingerprint density at radius 1 is 0.382 bits per heavy atom. The van der Waals surface area contributed by atoms with Crippen LogP contribution in [0.2, 0.25) is 0 Å². The van der Waals surface area contributed by atoms with Crippen LogP contribution in [0.25, 0.3) is 0 Å². The molecule has 16 unspecified atom stereocenters. The zero-order chi connectivity index (χ0) is 108. The van der Waals surface area contributed by atoms with E-state index in [0.29, 0.717) is 83.6 Å². The van der Waals surface area contributed by atoms with Crippen molar-refractivity contribution in [3.05, 3.63) is 0 Å². The largest absolute Gasteiger partial charge is 0.479 e. The number of hydroxylamine groups is 4. The third-order valence-electron chi connectivity index (χ3n) is 25.5. The SMILES string of the molecule is CC(=O)NC1[C@H](C)OC(CONCCN(CCN)CCN)[C@@H](O)[C@@H]1O[C@@H]1OC(C(=O)O)[C@@H](C)[C@H](C)C1O.CC(=O)NC1[C@H](C)OC(CONCCN(CCN)CCN[C@H](C)O)[C@@H](O)[C@@H]1O[C@@H]1OC(C(=O)O)[C@@H](C)[C@H](C)C1O.CO[C@@H]1C(C(=O)O)O[C@@H](O[C@@H]2C(NC(C)=O)[C@H](C)OC(CO)[C@H]2O)C(O)[C@H]1O.CO[C@@H]1C(C(=O)O)O[C@@H](O[C@@H]2C(NC(C)=O)[C@H](C)OC(CO)[C@H]2O)C(O)[C@H]1O.C[C@@H](O)ON1C(=O)CCC1=O. The molecule has 0 spiro atoms. The molecule has 9 saturated heterocycles. The van der Waals surface area contributed by atoms with Crippen molar-refractivity contribution in [2.75, 3.05) is 119 Å². The Balaban J connectivity index is 0.000000329. The van der Waals surface area contributed by atoms with E-state index in [1.807, 2.05) is 0 Å². The molecule has 58 nitrogen and oxygen atoms in total. The first kappa shape index (κ1) is 128. The topological polar surface area (TPSA) is 864 Å². The average Bonchev–Trinajstić information content (AvgIpc) is 1.05. The number of carbonyl (C=O) groups is 10. The van der Waals surface area contributed by atoms with E-state index in [1.54, 1.807) is 62.3 Å². The van der Waals surface area contributed by atoms with Crippen LogP contribution in [0.15, 0.2) is 0 Å². The molecule has 0 aromatic carbocycles. The van der Waals surface area contributed by atoms with Gasteiger partial charge in [-0.1, -0.05) is 27.7 Å². The minimum atomic E-state index is -1.70. The van der Waals surface area contributed by atoms with Crippen molar-refractivity contribution >= 4 is 59.3 Å². The van der Waals surface area contributed by atoms with Crippen LogP contribution in [0.5, 0.6) is 0 Å². The molecular formula is C86H157N13O45. The third-order valence-corrected chi connectivity index (χ3v) is 25.5. The van der Waals surface area contributed by atoms with E-state index in [4.69, 9.17) is 98.3 Å². The number of nitrogens with one attached hydrogen (secondary N) is 7. The first-order chi connectivity index (χ1) is 67.7. The maximum Gasteiger partial charge on any atom is 0.335 e. The summed E-state index contributed by atoms with van der Waals surface area (Å²) in [6.45, 7) is 27.4. The third kappa shape index (κ3) is 36.9. The van der Waals surface area contributed by atoms with E-state index < -0.39 is 317 Å². The minimum absolute atomic E-state index is 0.0365. The Bertz CT molecular complexity index is 3760. The monoisotopic (exact) mass is 2090 g/mol. The fourth-order valence-electron chi connectivity index (χ4n) is 17.4. The number of nitrogens with two attached hydrogens (primary N) is 3. The van der Waals surface area contributed by atoms with E-state index in [-0.39, 0.29) is 37.9 Å². The first-order valence-corrected chi connectivity index (χ1v) is 47.5. The van der Waals surface area contributed by atoms with E-state index in [1.165, 1.54) is 34.6 Å². The van der Waals surface area contributed by atoms with Crippen LogP contribution in [0.4, 0.5) is 0 Å². The number of carboxylic acids is 4. The smallest absolute Gasteiger partial charge is 0.335 e. The van der Waals surface area contributed by atoms with Gasteiger partial charge in [-0.3, -0.25) is 53.6 Å². The Morgan fingerprint density at radius 2 is 0.653 bits per heavy atom. The highest BCUT2D eigenvalue weighted by Gasteiger charge is 2.58. The number of hydrogen-bond acceptors (Lipinski definition) is 49. The summed E-state index contributed by atoms with van der Waals surface area (Å²) in [4.78, 5) is 134. The Morgan fingerprint density at radius 3 is 0.917 bits per heavy atom. The number of aliphatic carboxylic acids is 4.